The highest BCUT2D eigenvalue weighted by atomic mass is 16.7. The molecule has 1 rings (SSSR count). The fraction of sp³-hybridized carbons (Fsp3) is 0.746. The number of allylic oxidation sites excluding steroid dienone is 14. The summed E-state index contributed by atoms with van der Waals surface area (Å²) in [7, 11) is 0. The van der Waals surface area contributed by atoms with Crippen LogP contribution in [0.5, 0.6) is 0 Å². The summed E-state index contributed by atoms with van der Waals surface area (Å²) < 4.78 is 28.5. The highest BCUT2D eigenvalue weighted by Crippen LogP contribution is 2.27. The van der Waals surface area contributed by atoms with Crippen molar-refractivity contribution in [3.8, 4) is 0 Å². The van der Waals surface area contributed by atoms with E-state index in [2.05, 4.69) is 106 Å². The Balaban J connectivity index is 2.66. The molecule has 3 N–H and O–H groups in total. The van der Waals surface area contributed by atoms with Crippen LogP contribution in [0.25, 0.3) is 0 Å². The molecule has 0 aliphatic carbocycles. The maximum atomic E-state index is 13.2. The minimum Gasteiger partial charge on any atom is -0.479 e. The van der Waals surface area contributed by atoms with E-state index >= 15 is 0 Å². The van der Waals surface area contributed by atoms with E-state index in [0.717, 1.165) is 96.3 Å². The van der Waals surface area contributed by atoms with Crippen LogP contribution >= 0.6 is 0 Å². The quantitative estimate of drug-likeness (QED) is 0.0228. The lowest BCUT2D eigenvalue weighted by molar-refractivity contribution is -0.301. The predicted molar refractivity (Wildman–Crippen MR) is 340 cm³/mol. The van der Waals surface area contributed by atoms with Crippen LogP contribution in [0.15, 0.2) is 85.1 Å². The Bertz CT molecular complexity index is 1760. The van der Waals surface area contributed by atoms with E-state index in [1.165, 1.54) is 135 Å². The number of aliphatic carboxylic acids is 1. The van der Waals surface area contributed by atoms with E-state index in [1.54, 1.807) is 0 Å². The summed E-state index contributed by atoms with van der Waals surface area (Å²) in [5.41, 5.74) is 0. The number of hydrogen-bond donors (Lipinski definition) is 3. The maximum Gasteiger partial charge on any atom is 0.335 e. The zero-order valence-corrected chi connectivity index (χ0v) is 52.7. The van der Waals surface area contributed by atoms with Crippen molar-refractivity contribution in [1.82, 2.24) is 0 Å². The molecule has 1 fully saturated rings. The molecule has 0 saturated carbocycles. The molecule has 0 spiro atoms. The number of hydrogen-bond acceptors (Lipinski definition) is 11. The molecule has 12 nitrogen and oxygen atoms in total. The maximum absolute atomic E-state index is 13.2. The molecule has 0 aromatic heterocycles. The van der Waals surface area contributed by atoms with Gasteiger partial charge in [-0.05, 0) is 116 Å². The molecular weight excluding hydrogens is 1040 g/mol. The van der Waals surface area contributed by atoms with Crippen LogP contribution in [-0.2, 0) is 42.9 Å². The van der Waals surface area contributed by atoms with Crippen LogP contribution in [0.1, 0.15) is 290 Å². The number of unbranched alkanes of at least 4 members (excludes halogenated alkanes) is 29. The summed E-state index contributed by atoms with van der Waals surface area (Å²) in [5.74, 6) is -3.17. The number of carbonyl (C=O) groups is 4. The number of aliphatic hydroxyl groups excluding tert-OH is 2. The van der Waals surface area contributed by atoms with Crippen molar-refractivity contribution >= 4 is 23.9 Å². The largest absolute Gasteiger partial charge is 0.479 e. The van der Waals surface area contributed by atoms with E-state index < -0.39 is 67.3 Å². The lowest BCUT2D eigenvalue weighted by Gasteiger charge is -2.40. The third kappa shape index (κ3) is 47.8. The van der Waals surface area contributed by atoms with Gasteiger partial charge in [-0.25, -0.2) is 4.79 Å². The number of carbonyl (C=O) groups excluding carboxylic acids is 3. The van der Waals surface area contributed by atoms with Crippen molar-refractivity contribution in [1.29, 1.82) is 0 Å². The van der Waals surface area contributed by atoms with Gasteiger partial charge in [0.2, 0.25) is 0 Å². The van der Waals surface area contributed by atoms with Crippen molar-refractivity contribution in [3.05, 3.63) is 85.1 Å². The van der Waals surface area contributed by atoms with Gasteiger partial charge in [0.05, 0.1) is 6.61 Å². The van der Waals surface area contributed by atoms with Gasteiger partial charge in [-0.15, -0.1) is 0 Å². The normalized spacial score (nSPS) is 18.1. The molecule has 6 unspecified atom stereocenters. The second-order valence-corrected chi connectivity index (χ2v) is 22.7. The topological polar surface area (TPSA) is 175 Å². The number of esters is 3. The number of ether oxygens (including phenoxy) is 5. The summed E-state index contributed by atoms with van der Waals surface area (Å²) >= 11 is 0. The van der Waals surface area contributed by atoms with Gasteiger partial charge in [-0.3, -0.25) is 14.4 Å². The lowest BCUT2D eigenvalue weighted by Crippen LogP contribution is -2.61. The molecule has 1 heterocycles. The van der Waals surface area contributed by atoms with E-state index in [-0.39, 0.29) is 25.9 Å². The summed E-state index contributed by atoms with van der Waals surface area (Å²) in [6.45, 7) is 5.85. The zero-order chi connectivity index (χ0) is 60.3. The van der Waals surface area contributed by atoms with Gasteiger partial charge >= 0.3 is 23.9 Å². The van der Waals surface area contributed by atoms with Crippen molar-refractivity contribution in [2.75, 3.05) is 13.2 Å². The molecule has 1 saturated heterocycles. The third-order valence-electron chi connectivity index (χ3n) is 14.9. The van der Waals surface area contributed by atoms with Crippen molar-refractivity contribution in [2.45, 2.75) is 327 Å². The molecule has 0 aromatic rings. The second-order valence-electron chi connectivity index (χ2n) is 22.7. The number of carboxylic acid groups (broad SMARTS) is 1. The first-order chi connectivity index (χ1) is 40.6. The molecule has 12 heteroatoms. The molecule has 6 atom stereocenters. The summed E-state index contributed by atoms with van der Waals surface area (Å²) in [4.78, 5) is 51.4. The van der Waals surface area contributed by atoms with E-state index in [0.29, 0.717) is 19.3 Å². The SMILES string of the molecule is CC/C=C\C/C=C\C/C=C\C/C=C\CCCCC(=O)OC(COC(=O)CCCCCCCCCCC/C=C\CCCCCCCC)COC1OC(C(=O)O)C(O)C(O)C1OC(=O)CCCCCCCCCCC/C=C\C/C=C\CCCCC. The van der Waals surface area contributed by atoms with Gasteiger partial charge in [-0.1, -0.05) is 241 Å². The van der Waals surface area contributed by atoms with Crippen molar-refractivity contribution < 1.29 is 58.2 Å². The van der Waals surface area contributed by atoms with Crippen LogP contribution in [0.2, 0.25) is 0 Å². The number of carboxylic acids is 1. The molecule has 1 aliphatic heterocycles. The Morgan fingerprint density at radius 1 is 0.410 bits per heavy atom. The third-order valence-corrected chi connectivity index (χ3v) is 14.9. The molecule has 0 amide bonds. The monoisotopic (exact) mass is 1160 g/mol. The molecule has 83 heavy (non-hydrogen) atoms. The second kappa shape index (κ2) is 58.3. The van der Waals surface area contributed by atoms with Crippen molar-refractivity contribution in [3.63, 3.8) is 0 Å². The Kier molecular flexibility index (Phi) is 54.0. The highest BCUT2D eigenvalue weighted by Gasteiger charge is 2.50. The smallest absolute Gasteiger partial charge is 0.335 e. The lowest BCUT2D eigenvalue weighted by atomic mass is 9.98. The van der Waals surface area contributed by atoms with Crippen LogP contribution in [0, 0.1) is 0 Å². The van der Waals surface area contributed by atoms with Gasteiger partial charge in [0.25, 0.3) is 0 Å². The fourth-order valence-corrected chi connectivity index (χ4v) is 9.80. The average molecular weight is 1170 g/mol. The molecule has 0 aromatic carbocycles. The Morgan fingerprint density at radius 3 is 1.22 bits per heavy atom. The van der Waals surface area contributed by atoms with Crippen LogP contribution in [0.4, 0.5) is 0 Å². The van der Waals surface area contributed by atoms with E-state index in [4.69, 9.17) is 23.7 Å². The van der Waals surface area contributed by atoms with E-state index in [1.807, 2.05) is 0 Å². The van der Waals surface area contributed by atoms with Gasteiger partial charge in [0.15, 0.2) is 24.6 Å². The zero-order valence-electron chi connectivity index (χ0n) is 52.7. The summed E-state index contributed by atoms with van der Waals surface area (Å²) in [6.07, 6.45) is 64.0. The Hall–Kier alpha value is -4.10. The molecule has 1 aliphatic rings. The van der Waals surface area contributed by atoms with Crippen LogP contribution in [0.3, 0.4) is 0 Å². The van der Waals surface area contributed by atoms with Gasteiger partial charge in [-0.2, -0.15) is 0 Å². The van der Waals surface area contributed by atoms with Gasteiger partial charge in [0.1, 0.15) is 18.8 Å². The Labute approximate surface area is 505 Å². The van der Waals surface area contributed by atoms with Gasteiger partial charge < -0.3 is 39.0 Å². The number of aliphatic hydroxyl groups is 2. The van der Waals surface area contributed by atoms with Crippen molar-refractivity contribution in [2.24, 2.45) is 0 Å². The summed E-state index contributed by atoms with van der Waals surface area (Å²) in [6, 6.07) is 0. The molecule has 0 bridgehead atoms. The molecule has 476 valence electrons. The highest BCUT2D eigenvalue weighted by molar-refractivity contribution is 5.74. The average Bonchev–Trinajstić information content (AvgIpc) is 3.60. The van der Waals surface area contributed by atoms with Crippen LogP contribution in [-0.4, -0.2) is 89.2 Å². The Morgan fingerprint density at radius 2 is 0.759 bits per heavy atom. The molecule has 0 radical (unpaired) electrons. The van der Waals surface area contributed by atoms with E-state index in [9.17, 15) is 34.5 Å². The standard InChI is InChI=1S/C71H120O12/c1-4-7-10-13-16-19-22-25-28-30-32-34-37-39-42-45-48-51-54-57-63(72)79-60-62(81-64(73)58-55-52-49-46-43-40-36-27-24-21-18-15-12-9-6-3)61-80-71-69(67(76)66(75)68(83-71)70(77)78)82-65(74)59-56-53-50-47-44-41-38-35-33-31-29-26-23-20-17-14-11-8-5-2/h9,12,17-18,20-21,25-29,36,43,46,62,66-69,71,75-76H,4-8,10-11,13-16,19,22-24,30-35,37-42,44-45,47-61H2,1-3H3,(H,77,78)/b12-9-,20-17-,21-18-,28-25-,29-26-,36-27-,46-43-. The number of rotatable bonds is 57. The summed E-state index contributed by atoms with van der Waals surface area (Å²) in [5, 5.41) is 31.6. The first-order valence-corrected chi connectivity index (χ1v) is 33.6. The first kappa shape index (κ1) is 76.9. The minimum atomic E-state index is -1.91. The van der Waals surface area contributed by atoms with Gasteiger partial charge in [0, 0.05) is 19.3 Å². The fourth-order valence-electron chi connectivity index (χ4n) is 9.80. The first-order valence-electron chi connectivity index (χ1n) is 33.6. The molecular formula is C71H120O12. The minimum absolute atomic E-state index is 0.0483. The predicted octanol–water partition coefficient (Wildman–Crippen LogP) is 18.2. The van der Waals surface area contributed by atoms with Crippen LogP contribution < -0.4 is 0 Å².